The van der Waals surface area contributed by atoms with Crippen LogP contribution in [-0.4, -0.2) is 13.7 Å². The van der Waals surface area contributed by atoms with Crippen molar-refractivity contribution in [2.24, 2.45) is 0 Å². The third-order valence-electron chi connectivity index (χ3n) is 27.3. The van der Waals surface area contributed by atoms with Gasteiger partial charge in [0.25, 0.3) is 0 Å². The van der Waals surface area contributed by atoms with E-state index in [9.17, 15) is 0 Å². The summed E-state index contributed by atoms with van der Waals surface area (Å²) in [6, 6.07) is 197. The Kier molecular flexibility index (Phi) is 20.9. The topological polar surface area (TPSA) is 24.5 Å². The molecule has 0 radical (unpaired) electrons. The fraction of sp³-hybridized carbons (Fsp3) is 0. The quantitative estimate of drug-likeness (QED) is 0.102. The molecule has 3 heterocycles. The SMILES string of the molecule is c1ccc(-n2c3ccccc3c3cc(-c4ccc(N(c5ccc6ccccc6c5)c5ccc6ccccc6c5)cc4)ccc32)cc1.c1ccc(-n2c3ccccc3c3cc(-c4cccc(N(c5ccc6ccccc6c5)c5ccc6ccccc6c5)c4)ccc32)cc1.c1ccc(-n2c3ccccc3c3ccc(-c4cccc(N(c5ccc6ccccc6c5)c5ccc6ccccc6c5)c4)cc32)cc1. The van der Waals surface area contributed by atoms with Crippen LogP contribution in [0.2, 0.25) is 0 Å². The molecule has 6 heteroatoms. The van der Waals surface area contributed by atoms with E-state index in [2.05, 4.69) is 574 Å². The van der Waals surface area contributed by atoms with E-state index in [1.165, 1.54) is 180 Å². The number of benzene rings is 24. The molecule has 0 fully saturated rings. The number of hydrogen-bond donors (Lipinski definition) is 0. The van der Waals surface area contributed by atoms with Crippen LogP contribution in [-0.2, 0) is 0 Å². The fourth-order valence-corrected chi connectivity index (χ4v) is 20.7. The summed E-state index contributed by atoms with van der Waals surface area (Å²) in [4.78, 5) is 7.11. The summed E-state index contributed by atoms with van der Waals surface area (Å²) in [5, 5.41) is 22.3. The van der Waals surface area contributed by atoms with Gasteiger partial charge in [0.1, 0.15) is 0 Å². The van der Waals surface area contributed by atoms with Crippen molar-refractivity contribution in [2.75, 3.05) is 14.7 Å². The van der Waals surface area contributed by atoms with Gasteiger partial charge in [-0.2, -0.15) is 0 Å². The highest BCUT2D eigenvalue weighted by Gasteiger charge is 2.23. The first-order valence-electron chi connectivity index (χ1n) is 47.3. The molecule has 648 valence electrons. The second-order valence-electron chi connectivity index (χ2n) is 35.6. The average Bonchev–Trinajstić information content (AvgIpc) is 1.52. The van der Waals surface area contributed by atoms with Crippen LogP contribution in [0.3, 0.4) is 0 Å². The highest BCUT2D eigenvalue weighted by atomic mass is 15.2. The summed E-state index contributed by atoms with van der Waals surface area (Å²) < 4.78 is 7.11. The molecular formula is C132H90N6. The molecule has 0 spiro atoms. The minimum absolute atomic E-state index is 1.12. The smallest absolute Gasteiger partial charge is 0.0547 e. The highest BCUT2D eigenvalue weighted by molar-refractivity contribution is 6.14. The molecule has 0 aliphatic heterocycles. The number of fused-ring (bicyclic) bond motifs is 15. The molecule has 0 aliphatic carbocycles. The van der Waals surface area contributed by atoms with Gasteiger partial charge in [-0.1, -0.05) is 352 Å². The van der Waals surface area contributed by atoms with E-state index in [1.807, 2.05) is 0 Å². The lowest BCUT2D eigenvalue weighted by molar-refractivity contribution is 1.18. The third kappa shape index (κ3) is 15.3. The van der Waals surface area contributed by atoms with Crippen molar-refractivity contribution in [1.29, 1.82) is 0 Å². The first-order valence-corrected chi connectivity index (χ1v) is 47.3. The van der Waals surface area contributed by atoms with Gasteiger partial charge in [-0.15, -0.1) is 0 Å². The lowest BCUT2D eigenvalue weighted by atomic mass is 10.0. The zero-order valence-electron chi connectivity index (χ0n) is 75.6. The van der Waals surface area contributed by atoms with Crippen LogP contribution in [0.5, 0.6) is 0 Å². The van der Waals surface area contributed by atoms with Crippen molar-refractivity contribution in [3.8, 4) is 50.4 Å². The second-order valence-corrected chi connectivity index (χ2v) is 35.6. The Balaban J connectivity index is 0.000000110. The molecule has 0 unspecified atom stereocenters. The number of para-hydroxylation sites is 6. The van der Waals surface area contributed by atoms with E-state index in [-0.39, 0.29) is 0 Å². The Morgan fingerprint density at radius 2 is 0.333 bits per heavy atom. The molecule has 3 aromatic heterocycles. The van der Waals surface area contributed by atoms with Gasteiger partial charge in [0, 0.05) is 101 Å². The van der Waals surface area contributed by atoms with Crippen LogP contribution in [0, 0.1) is 0 Å². The minimum atomic E-state index is 1.12. The molecule has 24 aromatic carbocycles. The Labute approximate surface area is 800 Å². The van der Waals surface area contributed by atoms with Crippen LogP contribution in [0.15, 0.2) is 546 Å². The van der Waals surface area contributed by atoms with Crippen molar-refractivity contribution < 1.29 is 0 Å². The fourth-order valence-electron chi connectivity index (χ4n) is 20.7. The molecule has 138 heavy (non-hydrogen) atoms. The van der Waals surface area contributed by atoms with Crippen LogP contribution >= 0.6 is 0 Å². The summed E-state index contributed by atoms with van der Waals surface area (Å²) >= 11 is 0. The van der Waals surface area contributed by atoms with Crippen molar-refractivity contribution in [2.45, 2.75) is 0 Å². The van der Waals surface area contributed by atoms with Crippen LogP contribution in [0.1, 0.15) is 0 Å². The Morgan fingerprint density at radius 3 is 0.674 bits per heavy atom. The first kappa shape index (κ1) is 81.6. The third-order valence-corrected chi connectivity index (χ3v) is 27.3. The summed E-state index contributed by atoms with van der Waals surface area (Å²) in [6.07, 6.45) is 0. The van der Waals surface area contributed by atoms with Crippen molar-refractivity contribution in [1.82, 2.24) is 13.7 Å². The molecule has 0 N–H and O–H groups in total. The highest BCUT2D eigenvalue weighted by Crippen LogP contribution is 2.47. The Bertz CT molecular complexity index is 9070. The summed E-state index contributed by atoms with van der Waals surface area (Å²) in [5.74, 6) is 0. The molecule has 27 aromatic rings. The maximum atomic E-state index is 2.38. The van der Waals surface area contributed by atoms with E-state index >= 15 is 0 Å². The van der Waals surface area contributed by atoms with Gasteiger partial charge >= 0.3 is 0 Å². The number of nitrogens with zero attached hydrogens (tertiary/aromatic N) is 6. The van der Waals surface area contributed by atoms with Gasteiger partial charge < -0.3 is 28.4 Å². The standard InChI is InChI=1S/3C44H30N2/c1-2-16-37(17-3-1)46-43-20-9-8-19-41(43)42-30-36(23-26-44(42)46)35-15-10-18-38(29-35)45(39-24-21-31-11-4-6-13-33(31)27-39)40-25-22-32-12-5-7-14-34(32)28-40;1-2-16-37(17-3-1)46-43-20-9-8-19-41(43)42-26-23-36(30-44(42)46)35-15-10-18-38(29-35)45(39-24-21-31-11-4-6-13-33(31)27-39)40-25-22-32-12-5-7-14-34(32)28-40;1-2-14-37(15-3-1)46-43-17-9-8-16-41(43)42-30-36(22-27-44(42)46)33-18-23-38(24-19-33)45(39-25-20-31-10-4-6-12-34(31)28-39)40-26-21-32-11-5-7-13-35(32)29-40/h3*1-30H. The zero-order valence-corrected chi connectivity index (χ0v) is 75.6. The predicted octanol–water partition coefficient (Wildman–Crippen LogP) is 36.7. The largest absolute Gasteiger partial charge is 0.310 e. The molecule has 27 rings (SSSR count). The van der Waals surface area contributed by atoms with Gasteiger partial charge in [-0.25, -0.2) is 0 Å². The Morgan fingerprint density at radius 1 is 0.109 bits per heavy atom. The van der Waals surface area contributed by atoms with Gasteiger partial charge in [0.2, 0.25) is 0 Å². The second kappa shape index (κ2) is 35.3. The first-order chi connectivity index (χ1) is 68.4. The maximum Gasteiger partial charge on any atom is 0.0547 e. The number of hydrogen-bond acceptors (Lipinski definition) is 3. The van der Waals surface area contributed by atoms with Crippen LogP contribution in [0.4, 0.5) is 51.2 Å². The van der Waals surface area contributed by atoms with Gasteiger partial charge in [0.05, 0.1) is 33.1 Å². The van der Waals surface area contributed by atoms with E-state index in [4.69, 9.17) is 0 Å². The number of aromatic nitrogens is 3. The summed E-state index contributed by atoms with van der Waals surface area (Å²) in [6.45, 7) is 0. The lowest BCUT2D eigenvalue weighted by Crippen LogP contribution is -2.10. The molecule has 0 aliphatic rings. The summed E-state index contributed by atoms with van der Waals surface area (Å²) in [7, 11) is 0. The predicted molar refractivity (Wildman–Crippen MR) is 588 cm³/mol. The van der Waals surface area contributed by atoms with Crippen molar-refractivity contribution in [3.05, 3.63) is 546 Å². The lowest BCUT2D eigenvalue weighted by Gasteiger charge is -2.27. The van der Waals surface area contributed by atoms with E-state index < -0.39 is 0 Å². The molecule has 0 saturated carbocycles. The molecule has 0 amide bonds. The van der Waals surface area contributed by atoms with Crippen molar-refractivity contribution >= 4 is 181 Å². The van der Waals surface area contributed by atoms with Crippen LogP contribution < -0.4 is 14.7 Å². The molecule has 0 saturated heterocycles. The van der Waals surface area contributed by atoms with E-state index in [0.717, 1.165) is 51.2 Å². The van der Waals surface area contributed by atoms with E-state index in [0.29, 0.717) is 0 Å². The molecule has 0 bridgehead atoms. The maximum absolute atomic E-state index is 2.38. The Hall–Kier alpha value is -18.4. The minimum Gasteiger partial charge on any atom is -0.310 e. The van der Waals surface area contributed by atoms with E-state index in [1.54, 1.807) is 0 Å². The van der Waals surface area contributed by atoms with Gasteiger partial charge in [0.15, 0.2) is 0 Å². The molecular weight excluding hydrogens is 1670 g/mol. The monoisotopic (exact) mass is 1760 g/mol. The normalized spacial score (nSPS) is 11.5. The summed E-state index contributed by atoms with van der Waals surface area (Å²) in [5.41, 5.74) is 28.1. The van der Waals surface area contributed by atoms with Gasteiger partial charge in [-0.05, 0) is 292 Å². The average molecular weight is 1760 g/mol. The van der Waals surface area contributed by atoms with Crippen molar-refractivity contribution in [3.63, 3.8) is 0 Å². The van der Waals surface area contributed by atoms with Crippen LogP contribution in [0.25, 0.3) is 180 Å². The number of anilines is 9. The molecule has 0 atom stereocenters. The molecule has 6 nitrogen and oxygen atoms in total. The van der Waals surface area contributed by atoms with Gasteiger partial charge in [-0.3, -0.25) is 0 Å². The zero-order chi connectivity index (χ0) is 91.4. The number of rotatable bonds is 15.